The number of ether oxygens (including phenoxy) is 1. The van der Waals surface area contributed by atoms with E-state index in [1.807, 2.05) is 25.1 Å². The monoisotopic (exact) mass is 409 g/mol. The van der Waals surface area contributed by atoms with Gasteiger partial charge in [-0.2, -0.15) is 0 Å². The lowest BCUT2D eigenvalue weighted by Crippen LogP contribution is -2.31. The van der Waals surface area contributed by atoms with Gasteiger partial charge in [0.1, 0.15) is 18.0 Å². The van der Waals surface area contributed by atoms with E-state index in [0.717, 1.165) is 41.7 Å². The summed E-state index contributed by atoms with van der Waals surface area (Å²) in [6.07, 6.45) is 4.37. The van der Waals surface area contributed by atoms with Crippen LogP contribution < -0.4 is 4.74 Å². The number of fused-ring (bicyclic) bond motifs is 3. The molecule has 0 amide bonds. The van der Waals surface area contributed by atoms with Gasteiger partial charge in [-0.1, -0.05) is 0 Å². The van der Waals surface area contributed by atoms with Gasteiger partial charge in [0.15, 0.2) is 0 Å². The van der Waals surface area contributed by atoms with Crippen molar-refractivity contribution in [2.75, 3.05) is 20.2 Å². The second-order valence-corrected chi connectivity index (χ2v) is 9.29. The summed E-state index contributed by atoms with van der Waals surface area (Å²) in [7, 11) is 2.13. The molecule has 2 aromatic heterocycles. The van der Waals surface area contributed by atoms with E-state index in [2.05, 4.69) is 33.6 Å². The number of benzene rings is 1. The molecule has 160 valence electrons. The Balaban J connectivity index is 1.76. The third kappa shape index (κ3) is 4.21. The second-order valence-electron chi connectivity index (χ2n) is 9.29. The van der Waals surface area contributed by atoms with Gasteiger partial charge >= 0.3 is 0 Å². The average molecular weight is 410 g/mol. The summed E-state index contributed by atoms with van der Waals surface area (Å²) < 4.78 is 8.11. The fourth-order valence-corrected chi connectivity index (χ4v) is 4.20. The summed E-state index contributed by atoms with van der Waals surface area (Å²) >= 11 is 0. The van der Waals surface area contributed by atoms with Crippen LogP contribution in [0.25, 0.3) is 10.9 Å². The summed E-state index contributed by atoms with van der Waals surface area (Å²) in [6.45, 7) is 7.89. The molecule has 4 rings (SSSR count). The quantitative estimate of drug-likeness (QED) is 0.655. The Bertz CT molecular complexity index is 1040. The van der Waals surface area contributed by atoms with Crippen molar-refractivity contribution < 1.29 is 14.9 Å². The van der Waals surface area contributed by atoms with Crippen LogP contribution in [0.15, 0.2) is 42.7 Å². The smallest absolute Gasteiger partial charge is 0.120 e. The Morgan fingerprint density at radius 3 is 2.53 bits per heavy atom. The van der Waals surface area contributed by atoms with Crippen LogP contribution in [0.2, 0.25) is 0 Å². The Labute approximate surface area is 177 Å². The topological polar surface area (TPSA) is 70.8 Å². The highest BCUT2D eigenvalue weighted by Gasteiger charge is 2.29. The van der Waals surface area contributed by atoms with Crippen LogP contribution in [-0.4, -0.2) is 50.5 Å². The number of nitrogens with zero attached hydrogens (tertiary/aromatic N) is 3. The number of pyridine rings is 1. The SMILES string of the molecule is CN1CCc2c(c3cc(OCC(C)(C)O)ccc3n2CC(C)(O)c2ccncc2)C1. The Morgan fingerprint density at radius 2 is 1.83 bits per heavy atom. The first kappa shape index (κ1) is 20.8. The molecule has 0 aliphatic carbocycles. The first-order valence-electron chi connectivity index (χ1n) is 10.4. The maximum absolute atomic E-state index is 11.3. The molecule has 1 aliphatic rings. The Morgan fingerprint density at radius 1 is 1.10 bits per heavy atom. The van der Waals surface area contributed by atoms with Crippen molar-refractivity contribution >= 4 is 10.9 Å². The molecule has 6 nitrogen and oxygen atoms in total. The highest BCUT2D eigenvalue weighted by atomic mass is 16.5. The molecule has 0 radical (unpaired) electrons. The van der Waals surface area contributed by atoms with Crippen molar-refractivity contribution in [1.82, 2.24) is 14.5 Å². The minimum absolute atomic E-state index is 0.234. The Hall–Kier alpha value is -2.41. The van der Waals surface area contributed by atoms with Crippen molar-refractivity contribution in [2.24, 2.45) is 0 Å². The van der Waals surface area contributed by atoms with E-state index in [9.17, 15) is 10.2 Å². The standard InChI is InChI=1S/C24H31N3O3/c1-23(2,28)16-30-18-5-6-21-19(13-18)20-14-26(4)12-9-22(20)27(21)15-24(3,29)17-7-10-25-11-8-17/h5-8,10-11,13,28-29H,9,12,14-16H2,1-4H3. The minimum Gasteiger partial charge on any atom is -0.491 e. The average Bonchev–Trinajstić information content (AvgIpc) is 2.98. The first-order valence-corrected chi connectivity index (χ1v) is 10.4. The third-order valence-electron chi connectivity index (χ3n) is 5.78. The van der Waals surface area contributed by atoms with Crippen LogP contribution in [0.5, 0.6) is 5.75 Å². The molecule has 3 aromatic rings. The van der Waals surface area contributed by atoms with E-state index in [4.69, 9.17) is 4.74 Å². The lowest BCUT2D eigenvalue weighted by molar-refractivity contribution is 0.0285. The van der Waals surface area contributed by atoms with E-state index in [-0.39, 0.29) is 6.61 Å². The Kier molecular flexibility index (Phi) is 5.34. The molecule has 1 atom stereocenters. The molecule has 2 N–H and O–H groups in total. The van der Waals surface area contributed by atoms with Crippen LogP contribution in [0.1, 0.15) is 37.6 Å². The molecular weight excluding hydrogens is 378 g/mol. The summed E-state index contributed by atoms with van der Waals surface area (Å²) in [5.41, 5.74) is 2.62. The number of likely N-dealkylation sites (N-methyl/N-ethyl adjacent to an activating group) is 1. The van der Waals surface area contributed by atoms with Crippen molar-refractivity contribution in [1.29, 1.82) is 0 Å². The molecule has 0 fully saturated rings. The van der Waals surface area contributed by atoms with E-state index in [1.165, 1.54) is 11.3 Å². The predicted molar refractivity (Wildman–Crippen MR) is 118 cm³/mol. The number of aliphatic hydroxyl groups is 2. The molecular formula is C24H31N3O3. The summed E-state index contributed by atoms with van der Waals surface area (Å²) in [5, 5.41) is 22.4. The maximum atomic E-state index is 11.3. The molecule has 0 saturated carbocycles. The van der Waals surface area contributed by atoms with Crippen molar-refractivity contribution in [2.45, 2.75) is 51.5 Å². The van der Waals surface area contributed by atoms with Gasteiger partial charge in [-0.3, -0.25) is 4.98 Å². The number of rotatable bonds is 6. The largest absolute Gasteiger partial charge is 0.491 e. The van der Waals surface area contributed by atoms with Gasteiger partial charge in [0.05, 0.1) is 12.1 Å². The van der Waals surface area contributed by atoms with Crippen molar-refractivity contribution in [3.63, 3.8) is 0 Å². The minimum atomic E-state index is -1.01. The van der Waals surface area contributed by atoms with Crippen LogP contribution in [0.4, 0.5) is 0 Å². The molecule has 0 saturated heterocycles. The zero-order valence-corrected chi connectivity index (χ0v) is 18.2. The molecule has 1 aliphatic heterocycles. The van der Waals surface area contributed by atoms with E-state index >= 15 is 0 Å². The van der Waals surface area contributed by atoms with Gasteiger partial charge < -0.3 is 24.4 Å². The first-order chi connectivity index (χ1) is 14.1. The number of hydrogen-bond donors (Lipinski definition) is 2. The van der Waals surface area contributed by atoms with Crippen LogP contribution in [0, 0.1) is 0 Å². The number of hydrogen-bond acceptors (Lipinski definition) is 5. The van der Waals surface area contributed by atoms with Crippen LogP contribution in [-0.2, 0) is 25.1 Å². The van der Waals surface area contributed by atoms with E-state index in [0.29, 0.717) is 6.54 Å². The second kappa shape index (κ2) is 7.69. The van der Waals surface area contributed by atoms with Gasteiger partial charge in [0.2, 0.25) is 0 Å². The molecule has 0 bridgehead atoms. The van der Waals surface area contributed by atoms with E-state index < -0.39 is 11.2 Å². The lowest BCUT2D eigenvalue weighted by atomic mass is 9.96. The highest BCUT2D eigenvalue weighted by Crippen LogP contribution is 2.35. The van der Waals surface area contributed by atoms with Gasteiger partial charge in [-0.15, -0.1) is 0 Å². The summed E-state index contributed by atoms with van der Waals surface area (Å²) in [4.78, 5) is 6.39. The summed E-state index contributed by atoms with van der Waals surface area (Å²) in [6, 6.07) is 9.82. The molecule has 6 heteroatoms. The maximum Gasteiger partial charge on any atom is 0.120 e. The molecule has 30 heavy (non-hydrogen) atoms. The lowest BCUT2D eigenvalue weighted by Gasteiger charge is -2.28. The van der Waals surface area contributed by atoms with E-state index in [1.54, 1.807) is 26.2 Å². The summed E-state index contributed by atoms with van der Waals surface area (Å²) in [5.74, 6) is 0.749. The fourth-order valence-electron chi connectivity index (χ4n) is 4.20. The third-order valence-corrected chi connectivity index (χ3v) is 5.78. The van der Waals surface area contributed by atoms with Crippen LogP contribution >= 0.6 is 0 Å². The molecule has 0 spiro atoms. The normalized spacial score (nSPS) is 17.0. The highest BCUT2D eigenvalue weighted by molar-refractivity contribution is 5.87. The van der Waals surface area contributed by atoms with Gasteiger partial charge in [0, 0.05) is 48.5 Å². The zero-order chi connectivity index (χ0) is 21.5. The zero-order valence-electron chi connectivity index (χ0n) is 18.2. The van der Waals surface area contributed by atoms with Crippen molar-refractivity contribution in [3.05, 3.63) is 59.5 Å². The number of aromatic nitrogens is 2. The molecule has 3 heterocycles. The predicted octanol–water partition coefficient (Wildman–Crippen LogP) is 3.08. The van der Waals surface area contributed by atoms with Gasteiger partial charge in [-0.25, -0.2) is 0 Å². The van der Waals surface area contributed by atoms with Gasteiger partial charge in [-0.05, 0) is 69.3 Å². The fraction of sp³-hybridized carbons (Fsp3) is 0.458. The van der Waals surface area contributed by atoms with Crippen LogP contribution in [0.3, 0.4) is 0 Å². The molecule has 1 unspecified atom stereocenters. The molecule has 1 aromatic carbocycles. The van der Waals surface area contributed by atoms with Gasteiger partial charge in [0.25, 0.3) is 0 Å². The van der Waals surface area contributed by atoms with Crippen molar-refractivity contribution in [3.8, 4) is 5.75 Å².